The first kappa shape index (κ1) is 20.8. The summed E-state index contributed by atoms with van der Waals surface area (Å²) < 4.78 is 5.22. The minimum Gasteiger partial charge on any atom is -0.494 e. The first-order valence-corrected chi connectivity index (χ1v) is 8.62. The summed E-state index contributed by atoms with van der Waals surface area (Å²) in [6, 6.07) is 12.1. The average molecular weight is 387 g/mol. The van der Waals surface area contributed by atoms with Gasteiger partial charge in [-0.25, -0.2) is 0 Å². The van der Waals surface area contributed by atoms with E-state index < -0.39 is 22.8 Å². The minimum atomic E-state index is -1.19. The van der Waals surface area contributed by atoms with Crippen molar-refractivity contribution in [3.05, 3.63) is 64.2 Å². The Kier molecular flexibility index (Phi) is 7.46. The Hall–Kier alpha value is -3.46. The molecule has 0 aliphatic rings. The summed E-state index contributed by atoms with van der Waals surface area (Å²) in [6.07, 6.45) is -0.382. The number of anilines is 1. The van der Waals surface area contributed by atoms with Gasteiger partial charge in [-0.1, -0.05) is 30.3 Å². The number of nitrogens with one attached hydrogen (secondary N) is 2. The Bertz CT molecular complexity index is 841. The molecular weight excluding hydrogens is 366 g/mol. The van der Waals surface area contributed by atoms with E-state index in [9.17, 15) is 24.8 Å². The maximum absolute atomic E-state index is 12.3. The first-order chi connectivity index (χ1) is 13.4. The molecule has 0 saturated carbocycles. The maximum Gasteiger partial charge on any atom is 0.321 e. The summed E-state index contributed by atoms with van der Waals surface area (Å²) >= 11 is 0. The summed E-state index contributed by atoms with van der Waals surface area (Å²) in [4.78, 5) is 34.3. The number of carbonyl (C=O) groups is 2. The Morgan fingerprint density at radius 3 is 2.54 bits per heavy atom. The number of nitro benzene ring substituents is 1. The van der Waals surface area contributed by atoms with Gasteiger partial charge in [-0.05, 0) is 24.6 Å². The van der Waals surface area contributed by atoms with E-state index in [-0.39, 0.29) is 24.3 Å². The molecule has 2 aromatic rings. The molecule has 2 aromatic carbocycles. The molecule has 9 heteroatoms. The summed E-state index contributed by atoms with van der Waals surface area (Å²) in [7, 11) is 0. The normalized spacial score (nSPS) is 11.5. The van der Waals surface area contributed by atoms with Gasteiger partial charge in [0.15, 0.2) is 0 Å². The molecule has 1 atom stereocenters. The SMILES string of the molecule is CCOc1ccc(NC(=O)C[C@@H](NCc2ccccc2)C(=O)O)c([N+](=O)[O-])c1. The molecule has 0 bridgehead atoms. The van der Waals surface area contributed by atoms with E-state index in [2.05, 4.69) is 10.6 Å². The van der Waals surface area contributed by atoms with Gasteiger partial charge in [0.2, 0.25) is 5.91 Å². The van der Waals surface area contributed by atoms with Crippen LogP contribution in [0.2, 0.25) is 0 Å². The molecule has 28 heavy (non-hydrogen) atoms. The van der Waals surface area contributed by atoms with Crippen LogP contribution in [0, 0.1) is 10.1 Å². The van der Waals surface area contributed by atoms with E-state index in [0.29, 0.717) is 12.4 Å². The van der Waals surface area contributed by atoms with Crippen molar-refractivity contribution in [2.24, 2.45) is 0 Å². The van der Waals surface area contributed by atoms with Crippen molar-refractivity contribution in [2.45, 2.75) is 25.9 Å². The van der Waals surface area contributed by atoms with Gasteiger partial charge in [-0.2, -0.15) is 0 Å². The van der Waals surface area contributed by atoms with Crippen molar-refractivity contribution in [3.63, 3.8) is 0 Å². The zero-order chi connectivity index (χ0) is 20.5. The van der Waals surface area contributed by atoms with Gasteiger partial charge >= 0.3 is 5.97 Å². The van der Waals surface area contributed by atoms with Gasteiger partial charge in [0.25, 0.3) is 5.69 Å². The molecule has 0 unspecified atom stereocenters. The van der Waals surface area contributed by atoms with Crippen molar-refractivity contribution in [1.29, 1.82) is 0 Å². The van der Waals surface area contributed by atoms with E-state index in [4.69, 9.17) is 4.74 Å². The van der Waals surface area contributed by atoms with Gasteiger partial charge in [0.1, 0.15) is 17.5 Å². The molecule has 0 saturated heterocycles. The molecule has 0 aromatic heterocycles. The summed E-state index contributed by atoms with van der Waals surface area (Å²) in [5, 5.41) is 25.8. The van der Waals surface area contributed by atoms with Crippen LogP contribution in [-0.2, 0) is 16.1 Å². The second-order valence-corrected chi connectivity index (χ2v) is 5.88. The summed E-state index contributed by atoms with van der Waals surface area (Å²) in [6.45, 7) is 2.36. The zero-order valence-corrected chi connectivity index (χ0v) is 15.3. The van der Waals surface area contributed by atoms with Crippen molar-refractivity contribution < 1.29 is 24.4 Å². The van der Waals surface area contributed by atoms with Crippen molar-refractivity contribution in [1.82, 2.24) is 5.32 Å². The zero-order valence-electron chi connectivity index (χ0n) is 15.3. The van der Waals surface area contributed by atoms with Gasteiger partial charge in [0.05, 0.1) is 24.0 Å². The highest BCUT2D eigenvalue weighted by Gasteiger charge is 2.23. The van der Waals surface area contributed by atoms with Crippen LogP contribution in [0.3, 0.4) is 0 Å². The molecule has 0 fully saturated rings. The molecule has 3 N–H and O–H groups in total. The quantitative estimate of drug-likeness (QED) is 0.422. The van der Waals surface area contributed by atoms with Crippen LogP contribution in [0.4, 0.5) is 11.4 Å². The van der Waals surface area contributed by atoms with Gasteiger partial charge in [0, 0.05) is 6.54 Å². The lowest BCUT2D eigenvalue weighted by atomic mass is 10.1. The van der Waals surface area contributed by atoms with E-state index in [1.807, 2.05) is 30.3 Å². The number of carboxylic acid groups (broad SMARTS) is 1. The fraction of sp³-hybridized carbons (Fsp3) is 0.263. The lowest BCUT2D eigenvalue weighted by Gasteiger charge is -2.15. The predicted octanol–water partition coefficient (Wildman–Crippen LogP) is 2.57. The number of nitro groups is 1. The van der Waals surface area contributed by atoms with Crippen LogP contribution < -0.4 is 15.4 Å². The average Bonchev–Trinajstić information content (AvgIpc) is 2.67. The van der Waals surface area contributed by atoms with E-state index in [1.165, 1.54) is 18.2 Å². The summed E-state index contributed by atoms with van der Waals surface area (Å²) in [5.41, 5.74) is 0.519. The highest BCUT2D eigenvalue weighted by atomic mass is 16.6. The number of hydrogen-bond acceptors (Lipinski definition) is 6. The molecule has 0 heterocycles. The van der Waals surface area contributed by atoms with Crippen LogP contribution >= 0.6 is 0 Å². The fourth-order valence-corrected chi connectivity index (χ4v) is 2.49. The predicted molar refractivity (Wildman–Crippen MR) is 102 cm³/mol. The number of amides is 1. The minimum absolute atomic E-state index is 0.0225. The van der Waals surface area contributed by atoms with E-state index >= 15 is 0 Å². The molecule has 9 nitrogen and oxygen atoms in total. The van der Waals surface area contributed by atoms with Gasteiger partial charge in [-0.15, -0.1) is 0 Å². The van der Waals surface area contributed by atoms with Gasteiger partial charge in [-0.3, -0.25) is 25.0 Å². The number of hydrogen-bond donors (Lipinski definition) is 3. The standard InChI is InChI=1S/C19H21N3O6/c1-2-28-14-8-9-15(17(10-14)22(26)27)21-18(23)11-16(19(24)25)20-12-13-6-4-3-5-7-13/h3-10,16,20H,2,11-12H2,1H3,(H,21,23)(H,24,25)/t16-/m1/s1. The highest BCUT2D eigenvalue weighted by molar-refractivity contribution is 5.96. The molecule has 148 valence electrons. The Morgan fingerprint density at radius 1 is 1.21 bits per heavy atom. The number of ether oxygens (including phenoxy) is 1. The van der Waals surface area contributed by atoms with Crippen molar-refractivity contribution in [2.75, 3.05) is 11.9 Å². The van der Waals surface area contributed by atoms with Crippen molar-refractivity contribution in [3.8, 4) is 5.75 Å². The largest absolute Gasteiger partial charge is 0.494 e. The molecule has 2 rings (SSSR count). The van der Waals surface area contributed by atoms with E-state index in [1.54, 1.807) is 6.92 Å². The van der Waals surface area contributed by atoms with Crippen LogP contribution in [0.1, 0.15) is 18.9 Å². The van der Waals surface area contributed by atoms with Crippen LogP contribution in [0.5, 0.6) is 5.75 Å². The smallest absolute Gasteiger partial charge is 0.321 e. The number of aliphatic carboxylic acids is 1. The number of benzene rings is 2. The third kappa shape index (κ3) is 6.06. The number of rotatable bonds is 10. The fourth-order valence-electron chi connectivity index (χ4n) is 2.49. The summed E-state index contributed by atoms with van der Waals surface area (Å²) in [5.74, 6) is -1.53. The number of carbonyl (C=O) groups excluding carboxylic acids is 1. The Morgan fingerprint density at radius 2 is 1.93 bits per heavy atom. The van der Waals surface area contributed by atoms with Crippen LogP contribution in [0.15, 0.2) is 48.5 Å². The topological polar surface area (TPSA) is 131 Å². The van der Waals surface area contributed by atoms with Crippen molar-refractivity contribution >= 4 is 23.3 Å². The third-order valence-electron chi connectivity index (χ3n) is 3.83. The Labute approximate surface area is 161 Å². The highest BCUT2D eigenvalue weighted by Crippen LogP contribution is 2.29. The first-order valence-electron chi connectivity index (χ1n) is 8.62. The number of nitrogens with zero attached hydrogens (tertiary/aromatic N) is 1. The molecule has 0 aliphatic heterocycles. The monoisotopic (exact) mass is 387 g/mol. The van der Waals surface area contributed by atoms with Crippen LogP contribution in [0.25, 0.3) is 0 Å². The Balaban J connectivity index is 2.04. The molecule has 1 amide bonds. The van der Waals surface area contributed by atoms with Gasteiger partial charge < -0.3 is 15.2 Å². The molecule has 0 radical (unpaired) electrons. The van der Waals surface area contributed by atoms with E-state index in [0.717, 1.165) is 5.56 Å². The number of carboxylic acids is 1. The lowest BCUT2D eigenvalue weighted by molar-refractivity contribution is -0.384. The molecular formula is C19H21N3O6. The van der Waals surface area contributed by atoms with Crippen LogP contribution in [-0.4, -0.2) is 34.6 Å². The lowest BCUT2D eigenvalue weighted by Crippen LogP contribution is -2.39. The second kappa shape index (κ2) is 10.0. The maximum atomic E-state index is 12.3. The second-order valence-electron chi connectivity index (χ2n) is 5.88. The molecule has 0 spiro atoms. The molecule has 0 aliphatic carbocycles. The third-order valence-corrected chi connectivity index (χ3v) is 3.83.